The molecule has 0 saturated carbocycles. The Hall–Kier alpha value is -2.80. The Bertz CT molecular complexity index is 1200. The number of phenolic OH excluding ortho intramolecular Hbond substituents is 1. The van der Waals surface area contributed by atoms with Crippen LogP contribution in [0.25, 0.3) is 6.08 Å². The summed E-state index contributed by atoms with van der Waals surface area (Å²) in [6.07, 6.45) is 3.93. The van der Waals surface area contributed by atoms with Gasteiger partial charge < -0.3 is 19.5 Å². The number of phenols is 1. The van der Waals surface area contributed by atoms with Gasteiger partial charge in [0.05, 0.1) is 20.8 Å². The number of halogens is 1. The van der Waals surface area contributed by atoms with Crippen LogP contribution in [0.15, 0.2) is 35.9 Å². The van der Waals surface area contributed by atoms with Crippen LogP contribution in [0.5, 0.6) is 17.2 Å². The lowest BCUT2D eigenvalue weighted by atomic mass is 9.78. The summed E-state index contributed by atoms with van der Waals surface area (Å²) in [6, 6.07) is 9.32. The van der Waals surface area contributed by atoms with E-state index in [0.29, 0.717) is 29.4 Å². The molecular weight excluding hydrogens is 556 g/mol. The molecule has 0 bridgehead atoms. The number of amidine groups is 1. The largest absolute Gasteiger partial charge is 0.507 e. The summed E-state index contributed by atoms with van der Waals surface area (Å²) in [5, 5.41) is 20.1. The average molecular weight is 602 g/mol. The maximum absolute atomic E-state index is 13.6. The Balaban J connectivity index is 0.00000533. The van der Waals surface area contributed by atoms with E-state index in [1.807, 2.05) is 82.9 Å². The fourth-order valence-corrected chi connectivity index (χ4v) is 5.07. The number of rotatable bonds is 8. The molecule has 39 heavy (non-hydrogen) atoms. The molecule has 0 aromatic heterocycles. The van der Waals surface area contributed by atoms with Crippen LogP contribution in [-0.2, 0) is 10.8 Å². The van der Waals surface area contributed by atoms with Gasteiger partial charge in [0.1, 0.15) is 23.1 Å². The molecule has 6 nitrogen and oxygen atoms in total. The number of benzene rings is 2. The molecule has 0 spiro atoms. The first kappa shape index (κ1) is 32.4. The van der Waals surface area contributed by atoms with Crippen LogP contribution in [0.3, 0.4) is 0 Å². The number of aromatic hydroxyl groups is 1. The monoisotopic (exact) mass is 600 g/mol. The van der Waals surface area contributed by atoms with Gasteiger partial charge in [0.15, 0.2) is 5.78 Å². The highest BCUT2D eigenvalue weighted by molar-refractivity contribution is 8.93. The molecule has 0 amide bonds. The van der Waals surface area contributed by atoms with Crippen molar-refractivity contribution in [3.63, 3.8) is 0 Å². The Morgan fingerprint density at radius 2 is 1.64 bits per heavy atom. The Morgan fingerprint density at radius 1 is 1.05 bits per heavy atom. The Kier molecular flexibility index (Phi) is 10.5. The maximum Gasteiger partial charge on any atom is 0.182 e. The molecule has 0 radical (unpaired) electrons. The molecule has 1 aliphatic rings. The number of methoxy groups -OCH3 is 2. The van der Waals surface area contributed by atoms with E-state index >= 15 is 0 Å². The second-order valence-corrected chi connectivity index (χ2v) is 12.3. The minimum absolute atomic E-state index is 0. The lowest BCUT2D eigenvalue weighted by molar-refractivity contribution is 0.0963. The molecule has 2 aromatic carbocycles. The number of carbonyl (C=O) groups is 1. The van der Waals surface area contributed by atoms with Crippen molar-refractivity contribution in [2.24, 2.45) is 5.92 Å². The van der Waals surface area contributed by atoms with Crippen molar-refractivity contribution in [1.29, 1.82) is 5.41 Å². The molecule has 2 aromatic rings. The van der Waals surface area contributed by atoms with Gasteiger partial charge in [-0.1, -0.05) is 54.9 Å². The van der Waals surface area contributed by atoms with Gasteiger partial charge in [-0.25, -0.2) is 0 Å². The molecule has 1 heterocycles. The quantitative estimate of drug-likeness (QED) is 0.305. The van der Waals surface area contributed by atoms with Gasteiger partial charge in [0.25, 0.3) is 0 Å². The molecule has 2 N–H and O–H groups in total. The number of likely N-dealkylation sites (tertiary alicyclic amines) is 1. The van der Waals surface area contributed by atoms with Crippen LogP contribution in [0.1, 0.15) is 88.4 Å². The summed E-state index contributed by atoms with van der Waals surface area (Å²) in [6.45, 7) is 15.1. The van der Waals surface area contributed by atoms with Crippen molar-refractivity contribution < 1.29 is 19.4 Å². The van der Waals surface area contributed by atoms with Gasteiger partial charge in [-0.2, -0.15) is 0 Å². The van der Waals surface area contributed by atoms with Gasteiger partial charge in [-0.3, -0.25) is 10.2 Å². The van der Waals surface area contributed by atoms with E-state index in [4.69, 9.17) is 14.9 Å². The highest BCUT2D eigenvalue weighted by Gasteiger charge is 2.34. The summed E-state index contributed by atoms with van der Waals surface area (Å²) < 4.78 is 10.9. The molecule has 1 fully saturated rings. The van der Waals surface area contributed by atoms with Crippen LogP contribution in [0.2, 0.25) is 0 Å². The third-order valence-corrected chi connectivity index (χ3v) is 7.24. The fourth-order valence-electron chi connectivity index (χ4n) is 5.07. The van der Waals surface area contributed by atoms with Crippen molar-refractivity contribution in [1.82, 2.24) is 4.90 Å². The van der Waals surface area contributed by atoms with E-state index in [0.717, 1.165) is 35.1 Å². The van der Waals surface area contributed by atoms with Crippen molar-refractivity contribution in [2.45, 2.75) is 72.1 Å². The number of Topliss-reactive ketones (excluding diaryl/α,β-unsaturated/α-hetero) is 1. The smallest absolute Gasteiger partial charge is 0.182 e. The lowest BCUT2D eigenvalue weighted by Crippen LogP contribution is -2.31. The maximum atomic E-state index is 13.6. The van der Waals surface area contributed by atoms with Gasteiger partial charge in [-0.15, -0.1) is 17.0 Å². The zero-order valence-electron chi connectivity index (χ0n) is 24.9. The van der Waals surface area contributed by atoms with E-state index in [1.54, 1.807) is 14.2 Å². The van der Waals surface area contributed by atoms with Crippen LogP contribution >= 0.6 is 17.0 Å². The molecule has 1 saturated heterocycles. The van der Waals surface area contributed by atoms with Gasteiger partial charge in [-0.05, 0) is 53.2 Å². The van der Waals surface area contributed by atoms with Gasteiger partial charge in [0, 0.05) is 40.8 Å². The summed E-state index contributed by atoms with van der Waals surface area (Å²) >= 11 is 0. The predicted molar refractivity (Wildman–Crippen MR) is 165 cm³/mol. The SMILES string of the molecule is Br.CCCC1CN(CC(=O)c2cc(C(C)(C)C)c(O)c(C(C)(C)C)c2)C(=N)C1=Cc1ccc(OC)cc1OC. The second-order valence-electron chi connectivity index (χ2n) is 12.3. The molecule has 3 rings (SSSR count). The molecule has 7 heteroatoms. The van der Waals surface area contributed by atoms with Crippen LogP contribution in [0, 0.1) is 11.3 Å². The second kappa shape index (κ2) is 12.6. The predicted octanol–water partition coefficient (Wildman–Crippen LogP) is 7.56. The number of nitrogens with one attached hydrogen (secondary N) is 1. The number of hydrogen-bond donors (Lipinski definition) is 2. The van der Waals surface area contributed by atoms with E-state index in [-0.39, 0.29) is 51.8 Å². The van der Waals surface area contributed by atoms with Gasteiger partial charge >= 0.3 is 0 Å². The third kappa shape index (κ3) is 7.24. The number of ether oxygens (including phenoxy) is 2. The summed E-state index contributed by atoms with van der Waals surface area (Å²) in [5.74, 6) is 2.13. The number of nitrogens with zero attached hydrogens (tertiary/aromatic N) is 1. The molecule has 214 valence electrons. The Labute approximate surface area is 244 Å². The minimum Gasteiger partial charge on any atom is -0.507 e. The van der Waals surface area contributed by atoms with Gasteiger partial charge in [0.2, 0.25) is 0 Å². The number of hydrogen-bond acceptors (Lipinski definition) is 5. The van der Waals surface area contributed by atoms with E-state index < -0.39 is 0 Å². The summed E-state index contributed by atoms with van der Waals surface area (Å²) in [5.41, 5.74) is 3.26. The molecular formula is C32H45BrN2O4. The van der Waals surface area contributed by atoms with E-state index in [9.17, 15) is 9.90 Å². The Morgan fingerprint density at radius 3 is 2.13 bits per heavy atom. The summed E-state index contributed by atoms with van der Waals surface area (Å²) in [7, 11) is 3.25. The topological polar surface area (TPSA) is 82.9 Å². The van der Waals surface area contributed by atoms with E-state index in [1.165, 1.54) is 0 Å². The third-order valence-electron chi connectivity index (χ3n) is 7.24. The molecule has 0 aliphatic carbocycles. The van der Waals surface area contributed by atoms with Crippen molar-refractivity contribution in [3.05, 3.63) is 58.2 Å². The van der Waals surface area contributed by atoms with Crippen molar-refractivity contribution >= 4 is 34.7 Å². The van der Waals surface area contributed by atoms with Crippen molar-refractivity contribution in [2.75, 3.05) is 27.3 Å². The lowest BCUT2D eigenvalue weighted by Gasteiger charge is -2.28. The first-order chi connectivity index (χ1) is 17.7. The first-order valence-corrected chi connectivity index (χ1v) is 13.4. The van der Waals surface area contributed by atoms with Crippen molar-refractivity contribution in [3.8, 4) is 17.2 Å². The molecule has 1 aliphatic heterocycles. The first-order valence-electron chi connectivity index (χ1n) is 13.4. The summed E-state index contributed by atoms with van der Waals surface area (Å²) in [4.78, 5) is 15.5. The molecule has 1 unspecified atom stereocenters. The zero-order chi connectivity index (χ0) is 28.4. The normalized spacial score (nSPS) is 16.8. The van der Waals surface area contributed by atoms with Crippen LogP contribution in [-0.4, -0.2) is 48.9 Å². The fraction of sp³-hybridized carbons (Fsp3) is 0.500. The zero-order valence-corrected chi connectivity index (χ0v) is 26.6. The van der Waals surface area contributed by atoms with E-state index in [2.05, 4.69) is 6.92 Å². The minimum atomic E-state index is -0.319. The average Bonchev–Trinajstić information content (AvgIpc) is 3.11. The number of ketones is 1. The van der Waals surface area contributed by atoms with Crippen LogP contribution < -0.4 is 9.47 Å². The highest BCUT2D eigenvalue weighted by Crippen LogP contribution is 2.40. The standard InChI is InChI=1S/C32H44N2O4.BrH/c1-10-11-21-18-34(30(33)24(21)14-20-12-13-23(37-8)17-28(20)38-9)19-27(35)22-15-25(31(2,3)4)29(36)26(16-22)32(5,6)7;/h12-17,21,33,36H,10-11,18-19H2,1-9H3;1H. The van der Waals surface area contributed by atoms with Crippen LogP contribution in [0.4, 0.5) is 0 Å². The number of carbonyl (C=O) groups excluding carboxylic acids is 1. The highest BCUT2D eigenvalue weighted by atomic mass is 79.9. The molecule has 1 atom stereocenters.